The van der Waals surface area contributed by atoms with Crippen LogP contribution in [0.2, 0.25) is 0 Å². The van der Waals surface area contributed by atoms with Crippen molar-refractivity contribution in [2.24, 2.45) is 0 Å². The van der Waals surface area contributed by atoms with Crippen molar-refractivity contribution in [1.29, 1.82) is 0 Å². The molecule has 0 aliphatic heterocycles. The zero-order chi connectivity index (χ0) is 36.0. The van der Waals surface area contributed by atoms with Crippen LogP contribution >= 0.6 is 0 Å². The maximum Gasteiger partial charge on any atom is 0.0553 e. The molecule has 1 aliphatic carbocycles. The highest BCUT2D eigenvalue weighted by Gasteiger charge is 2.35. The van der Waals surface area contributed by atoms with Crippen molar-refractivity contribution in [2.45, 2.75) is 26.7 Å². The number of para-hydroxylation sites is 1. The summed E-state index contributed by atoms with van der Waals surface area (Å²) >= 11 is 0. The number of benzene rings is 8. The van der Waals surface area contributed by atoms with Crippen LogP contribution in [-0.4, -0.2) is 9.55 Å². The average Bonchev–Trinajstić information content (AvgIpc) is 3.69. The van der Waals surface area contributed by atoms with Crippen molar-refractivity contribution in [2.75, 3.05) is 0 Å². The molecule has 0 amide bonds. The first-order chi connectivity index (χ1) is 26.5. The van der Waals surface area contributed by atoms with Crippen LogP contribution in [0.1, 0.15) is 32.4 Å². The maximum absolute atomic E-state index is 4.47. The van der Waals surface area contributed by atoms with E-state index in [1.54, 1.807) is 0 Å². The van der Waals surface area contributed by atoms with E-state index in [0.29, 0.717) is 0 Å². The average molecular weight is 705 g/mol. The minimum Gasteiger partial charge on any atom is -0.309 e. The van der Waals surface area contributed by atoms with E-state index < -0.39 is 0 Å². The maximum atomic E-state index is 4.47. The van der Waals surface area contributed by atoms with Gasteiger partial charge in [0, 0.05) is 39.8 Å². The predicted molar refractivity (Wildman–Crippen MR) is 233 cm³/mol. The van der Waals surface area contributed by atoms with Crippen LogP contribution in [0.5, 0.6) is 0 Å². The molecule has 0 atom stereocenters. The molecule has 0 saturated carbocycles. The van der Waals surface area contributed by atoms with Gasteiger partial charge in [0.05, 0.1) is 11.0 Å². The molecule has 2 heteroatoms. The Hall–Kier alpha value is -6.77. The molecule has 2 nitrogen and oxygen atoms in total. The standard InChI is InChI=1S/C52H36N2.CH4/c1-52(2)46-15-7-6-14-44(46)45-24-23-36(30-47(45)52)40-27-39(28-41(29-40)38-11-9-25-53-32-38)33-17-19-34(20-18-33)42-26-37-22-21-35-10-8-16-48-50(35)51(37)49(31-42)54(48)43-12-4-3-5-13-43;/h3-32H,1-2H3;1H4. The summed E-state index contributed by atoms with van der Waals surface area (Å²) in [6.07, 6.45) is 3.80. The van der Waals surface area contributed by atoms with Gasteiger partial charge in [-0.1, -0.05) is 130 Å². The van der Waals surface area contributed by atoms with Crippen LogP contribution in [-0.2, 0) is 5.41 Å². The van der Waals surface area contributed by atoms with Gasteiger partial charge in [0.2, 0.25) is 0 Å². The number of hydrogen-bond donors (Lipinski definition) is 0. The Morgan fingerprint density at radius 3 is 1.82 bits per heavy atom. The highest BCUT2D eigenvalue weighted by atomic mass is 15.0. The quantitative estimate of drug-likeness (QED) is 0.163. The molecule has 2 aromatic heterocycles. The number of rotatable bonds is 5. The topological polar surface area (TPSA) is 17.8 Å². The van der Waals surface area contributed by atoms with E-state index in [1.807, 2.05) is 18.5 Å². The fourth-order valence-corrected chi connectivity index (χ4v) is 9.12. The number of fused-ring (bicyclic) bond motifs is 3. The van der Waals surface area contributed by atoms with E-state index in [2.05, 4.69) is 187 Å². The molecule has 1 aliphatic rings. The summed E-state index contributed by atoms with van der Waals surface area (Å²) in [5.41, 5.74) is 18.5. The van der Waals surface area contributed by atoms with E-state index in [1.165, 1.54) is 93.9 Å². The van der Waals surface area contributed by atoms with E-state index >= 15 is 0 Å². The molecule has 0 N–H and O–H groups in total. The minimum absolute atomic E-state index is 0. The van der Waals surface area contributed by atoms with Gasteiger partial charge in [0.1, 0.15) is 0 Å². The van der Waals surface area contributed by atoms with Gasteiger partial charge in [-0.15, -0.1) is 0 Å². The van der Waals surface area contributed by atoms with Gasteiger partial charge in [-0.3, -0.25) is 4.98 Å². The molecule has 0 radical (unpaired) electrons. The lowest BCUT2D eigenvalue weighted by Gasteiger charge is -2.22. The Balaban J connectivity index is 0.00000372. The lowest BCUT2D eigenvalue weighted by molar-refractivity contribution is 0.660. The Bertz CT molecular complexity index is 3040. The monoisotopic (exact) mass is 704 g/mol. The van der Waals surface area contributed by atoms with Gasteiger partial charge in [-0.05, 0) is 133 Å². The SMILES string of the molecule is C.CC1(C)c2ccccc2-c2ccc(-c3cc(-c4ccc(-c5cc6ccc7cccc8c7c6c(c5)n8-c5ccccc5)cc4)cc(-c4cccnc4)c3)cc21. The largest absolute Gasteiger partial charge is 0.309 e. The molecule has 55 heavy (non-hydrogen) atoms. The van der Waals surface area contributed by atoms with Crippen LogP contribution in [0.3, 0.4) is 0 Å². The normalized spacial score (nSPS) is 12.9. The van der Waals surface area contributed by atoms with Crippen LogP contribution in [0.15, 0.2) is 182 Å². The fraction of sp³-hybridized carbons (Fsp3) is 0.0755. The first kappa shape index (κ1) is 32.8. The first-order valence-electron chi connectivity index (χ1n) is 18.8. The van der Waals surface area contributed by atoms with Gasteiger partial charge >= 0.3 is 0 Å². The van der Waals surface area contributed by atoms with E-state index in [-0.39, 0.29) is 12.8 Å². The van der Waals surface area contributed by atoms with Crippen LogP contribution in [0.4, 0.5) is 0 Å². The summed E-state index contributed by atoms with van der Waals surface area (Å²) in [6, 6.07) is 62.8. The molecule has 0 fully saturated rings. The van der Waals surface area contributed by atoms with Gasteiger partial charge in [0.25, 0.3) is 0 Å². The Morgan fingerprint density at radius 2 is 1.05 bits per heavy atom. The molecular weight excluding hydrogens is 665 g/mol. The highest BCUT2D eigenvalue weighted by Crippen LogP contribution is 2.50. The molecule has 0 bridgehead atoms. The Labute approximate surface area is 322 Å². The van der Waals surface area contributed by atoms with E-state index in [0.717, 1.165) is 11.1 Å². The summed E-state index contributed by atoms with van der Waals surface area (Å²) in [6.45, 7) is 4.70. The summed E-state index contributed by atoms with van der Waals surface area (Å²) < 4.78 is 2.42. The number of hydrogen-bond acceptors (Lipinski definition) is 1. The summed E-state index contributed by atoms with van der Waals surface area (Å²) in [5.74, 6) is 0. The van der Waals surface area contributed by atoms with Crippen molar-refractivity contribution in [3.63, 3.8) is 0 Å². The number of pyridine rings is 1. The van der Waals surface area contributed by atoms with Gasteiger partial charge in [0.15, 0.2) is 0 Å². The first-order valence-corrected chi connectivity index (χ1v) is 18.8. The van der Waals surface area contributed by atoms with Crippen LogP contribution < -0.4 is 0 Å². The second kappa shape index (κ2) is 12.4. The third-order valence-electron chi connectivity index (χ3n) is 11.8. The van der Waals surface area contributed by atoms with E-state index in [4.69, 9.17) is 0 Å². The van der Waals surface area contributed by atoms with Gasteiger partial charge in [-0.25, -0.2) is 0 Å². The van der Waals surface area contributed by atoms with Crippen molar-refractivity contribution < 1.29 is 0 Å². The minimum atomic E-state index is -0.0589. The third-order valence-corrected chi connectivity index (χ3v) is 11.8. The Kier molecular flexibility index (Phi) is 7.40. The molecule has 8 aromatic carbocycles. The molecule has 2 heterocycles. The zero-order valence-electron chi connectivity index (χ0n) is 30.2. The lowest BCUT2D eigenvalue weighted by atomic mass is 9.81. The van der Waals surface area contributed by atoms with Crippen LogP contribution in [0.25, 0.3) is 93.9 Å². The molecule has 0 spiro atoms. The lowest BCUT2D eigenvalue weighted by Crippen LogP contribution is -2.14. The summed E-state index contributed by atoms with van der Waals surface area (Å²) in [5, 5.41) is 5.19. The van der Waals surface area contributed by atoms with Crippen molar-refractivity contribution in [1.82, 2.24) is 9.55 Å². The molecule has 262 valence electrons. The summed E-state index contributed by atoms with van der Waals surface area (Å²) in [7, 11) is 0. The van der Waals surface area contributed by atoms with Gasteiger partial charge < -0.3 is 4.57 Å². The van der Waals surface area contributed by atoms with Crippen LogP contribution in [0, 0.1) is 0 Å². The Morgan fingerprint density at radius 1 is 0.418 bits per heavy atom. The van der Waals surface area contributed by atoms with E-state index in [9.17, 15) is 0 Å². The molecule has 0 unspecified atom stereocenters. The fourth-order valence-electron chi connectivity index (χ4n) is 9.12. The second-order valence-electron chi connectivity index (χ2n) is 15.3. The predicted octanol–water partition coefficient (Wildman–Crippen LogP) is 14.4. The molecule has 11 rings (SSSR count). The third kappa shape index (κ3) is 5.06. The van der Waals surface area contributed by atoms with Gasteiger partial charge in [-0.2, -0.15) is 0 Å². The van der Waals surface area contributed by atoms with Crippen molar-refractivity contribution in [3.8, 4) is 61.3 Å². The van der Waals surface area contributed by atoms with Crippen molar-refractivity contribution >= 4 is 32.6 Å². The molecule has 0 saturated heterocycles. The summed E-state index contributed by atoms with van der Waals surface area (Å²) in [4.78, 5) is 4.47. The molecule has 10 aromatic rings. The number of nitrogens with zero attached hydrogens (tertiary/aromatic N) is 2. The second-order valence-corrected chi connectivity index (χ2v) is 15.3. The zero-order valence-corrected chi connectivity index (χ0v) is 30.2. The highest BCUT2D eigenvalue weighted by molar-refractivity contribution is 6.25. The smallest absolute Gasteiger partial charge is 0.0553 e. The molecular formula is C53H40N2. The van der Waals surface area contributed by atoms with Crippen molar-refractivity contribution in [3.05, 3.63) is 193 Å². The number of aromatic nitrogens is 2.